The smallest absolute Gasteiger partial charge is 0.266 e. The lowest BCUT2D eigenvalue weighted by Gasteiger charge is -2.06. The van der Waals surface area contributed by atoms with Gasteiger partial charge in [-0.05, 0) is 11.1 Å². The summed E-state index contributed by atoms with van der Waals surface area (Å²) in [6, 6.07) is 6.24. The summed E-state index contributed by atoms with van der Waals surface area (Å²) in [4.78, 5) is 115. The first-order valence-corrected chi connectivity index (χ1v) is 12.5. The molecule has 206 valence electrons. The summed E-state index contributed by atoms with van der Waals surface area (Å²) in [7, 11) is 0. The van der Waals surface area contributed by atoms with Gasteiger partial charge in [0.15, 0.2) is 0 Å². The molecule has 0 bridgehead atoms. The summed E-state index contributed by atoms with van der Waals surface area (Å²) in [5.41, 5.74) is -6.54. The van der Waals surface area contributed by atoms with Crippen LogP contribution in [0.15, 0.2) is 87.4 Å². The molecule has 0 unspecified atom stereocenters. The number of aromatic nitrogens is 6. The molecule has 14 nitrogen and oxygen atoms in total. The Hall–Kier alpha value is -6.18. The Balaban J connectivity index is 1.34. The fourth-order valence-electron chi connectivity index (χ4n) is 5.48. The zero-order valence-electron chi connectivity index (χ0n) is 21.2. The first-order valence-electron chi connectivity index (χ1n) is 12.5. The van der Waals surface area contributed by atoms with E-state index < -0.39 is 65.5 Å². The monoisotopic (exact) mass is 564 g/mol. The van der Waals surface area contributed by atoms with Crippen LogP contribution in [0.3, 0.4) is 0 Å². The molecule has 0 saturated carbocycles. The number of rotatable bonds is 4. The Morgan fingerprint density at radius 3 is 1.02 bits per heavy atom. The summed E-state index contributed by atoms with van der Waals surface area (Å²) in [5.74, 6) is 0. The molecular formula is C28H16N6O8. The molecule has 42 heavy (non-hydrogen) atoms. The lowest BCUT2D eigenvalue weighted by molar-refractivity contribution is 0.737. The number of hydrogen-bond donors (Lipinski definition) is 4. The summed E-state index contributed by atoms with van der Waals surface area (Å²) in [6.07, 6.45) is 5.51. The van der Waals surface area contributed by atoms with Crippen LogP contribution in [-0.4, -0.2) is 29.1 Å². The van der Waals surface area contributed by atoms with Crippen molar-refractivity contribution in [2.24, 2.45) is 0 Å². The lowest BCUT2D eigenvalue weighted by atomic mass is 10.1. The molecule has 7 rings (SSSR count). The highest BCUT2D eigenvalue weighted by Crippen LogP contribution is 2.10. The normalized spacial score (nSPS) is 11.8. The van der Waals surface area contributed by atoms with E-state index in [-0.39, 0.29) is 35.2 Å². The van der Waals surface area contributed by atoms with E-state index in [4.69, 9.17) is 0 Å². The van der Waals surface area contributed by atoms with Crippen LogP contribution < -0.4 is 44.0 Å². The number of benzene rings is 3. The quantitative estimate of drug-likeness (QED) is 0.209. The Morgan fingerprint density at radius 2 is 0.738 bits per heavy atom. The summed E-state index contributed by atoms with van der Waals surface area (Å²) in [6.45, 7) is -0.616. The van der Waals surface area contributed by atoms with Crippen LogP contribution in [0.4, 0.5) is 0 Å². The fourth-order valence-corrected chi connectivity index (χ4v) is 5.48. The van der Waals surface area contributed by atoms with Crippen molar-refractivity contribution in [3.63, 3.8) is 0 Å². The van der Waals surface area contributed by atoms with Crippen molar-refractivity contribution in [1.82, 2.24) is 29.1 Å². The lowest BCUT2D eigenvalue weighted by Crippen LogP contribution is -2.28. The molecule has 3 aromatic carbocycles. The highest BCUT2D eigenvalue weighted by molar-refractivity contribution is 5.95. The molecule has 0 aliphatic carbocycles. The molecule has 4 N–H and O–H groups in total. The highest BCUT2D eigenvalue weighted by Gasteiger charge is 2.24. The van der Waals surface area contributed by atoms with Gasteiger partial charge in [-0.3, -0.25) is 47.5 Å². The predicted molar refractivity (Wildman–Crippen MR) is 153 cm³/mol. The molecule has 0 spiro atoms. The van der Waals surface area contributed by atoms with Gasteiger partial charge in [0.2, 0.25) is 21.7 Å². The van der Waals surface area contributed by atoms with Gasteiger partial charge in [-0.15, -0.1) is 0 Å². The van der Waals surface area contributed by atoms with Crippen LogP contribution in [-0.2, 0) is 13.1 Å². The Labute approximate surface area is 228 Å². The third kappa shape index (κ3) is 3.25. The second-order valence-electron chi connectivity index (χ2n) is 9.77. The maximum Gasteiger partial charge on any atom is 0.266 e. The second kappa shape index (κ2) is 8.66. The molecule has 4 aromatic heterocycles. The minimum Gasteiger partial charge on any atom is -0.355 e. The topological polar surface area (TPSA) is 210 Å². The van der Waals surface area contributed by atoms with Gasteiger partial charge in [0.1, 0.15) is 43.6 Å². The van der Waals surface area contributed by atoms with E-state index >= 15 is 0 Å². The van der Waals surface area contributed by atoms with Crippen molar-refractivity contribution >= 4 is 43.6 Å². The van der Waals surface area contributed by atoms with E-state index in [1.165, 1.54) is 30.9 Å². The minimum absolute atomic E-state index is 0.127. The van der Waals surface area contributed by atoms with Crippen molar-refractivity contribution in [3.8, 4) is 0 Å². The second-order valence-corrected chi connectivity index (χ2v) is 9.77. The number of hydrogen-bond acceptors (Lipinski definition) is 8. The highest BCUT2D eigenvalue weighted by atomic mass is 16.2. The molecule has 14 heteroatoms. The maximum absolute atomic E-state index is 13.1. The van der Waals surface area contributed by atoms with Crippen LogP contribution in [0, 0.1) is 0 Å². The van der Waals surface area contributed by atoms with Crippen molar-refractivity contribution < 1.29 is 0 Å². The van der Waals surface area contributed by atoms with Crippen LogP contribution in [0.25, 0.3) is 43.6 Å². The van der Waals surface area contributed by atoms with Gasteiger partial charge in [-0.1, -0.05) is 24.3 Å². The standard InChI is InChI=1S/C28H16N6O8/c35-21-13-14(22(36)18-17(21)29-4-5-30-18)26(40)33(25(13)39)9-11-2-1-3-12(8-11)10-34-27(41)15-16(28(34)42)24(38)20-19(23(15)37)31-6-7-32-20/h1-8,29-32H,9-10H2. The van der Waals surface area contributed by atoms with E-state index in [2.05, 4.69) is 19.9 Å². The van der Waals surface area contributed by atoms with Gasteiger partial charge >= 0.3 is 0 Å². The predicted octanol–water partition coefficient (Wildman–Crippen LogP) is -0.931. The van der Waals surface area contributed by atoms with Gasteiger partial charge in [-0.25, -0.2) is 0 Å². The summed E-state index contributed by atoms with van der Waals surface area (Å²) in [5, 5.41) is -2.06. The van der Waals surface area contributed by atoms with Crippen molar-refractivity contribution in [3.05, 3.63) is 142 Å². The average molecular weight is 564 g/mol. The van der Waals surface area contributed by atoms with Gasteiger partial charge in [0, 0.05) is 24.8 Å². The molecule has 7 aromatic rings. The van der Waals surface area contributed by atoms with Crippen LogP contribution in [0.2, 0.25) is 0 Å². The molecule has 0 amide bonds. The molecule has 0 aliphatic rings. The van der Waals surface area contributed by atoms with E-state index in [0.717, 1.165) is 9.13 Å². The zero-order valence-corrected chi connectivity index (χ0v) is 21.2. The van der Waals surface area contributed by atoms with Crippen molar-refractivity contribution in [1.29, 1.82) is 0 Å². The first kappa shape index (κ1) is 24.8. The minimum atomic E-state index is -0.923. The molecular weight excluding hydrogens is 548 g/mol. The summed E-state index contributed by atoms with van der Waals surface area (Å²) >= 11 is 0. The number of fused-ring (bicyclic) bond motifs is 4. The van der Waals surface area contributed by atoms with E-state index in [0.29, 0.717) is 11.1 Å². The zero-order chi connectivity index (χ0) is 29.4. The Kier molecular flexibility index (Phi) is 5.12. The van der Waals surface area contributed by atoms with Gasteiger partial charge < -0.3 is 19.9 Å². The summed E-state index contributed by atoms with van der Waals surface area (Å²) < 4.78 is 1.55. The number of H-pyrrole nitrogens is 4. The maximum atomic E-state index is 13.1. The van der Waals surface area contributed by atoms with Crippen LogP contribution in [0.1, 0.15) is 11.1 Å². The SMILES string of the molecule is O=c1c2[nH]cc[nH]c2c(=O)c2c(=O)n(Cc3cccc(Cn4c(=O)c5c(=O)c6[nH]cc[nH]c6c(=O)c5c4=O)c3)c(=O)c12. The van der Waals surface area contributed by atoms with E-state index in [1.807, 2.05) is 0 Å². The molecule has 4 heterocycles. The largest absolute Gasteiger partial charge is 0.355 e. The molecule has 0 saturated heterocycles. The van der Waals surface area contributed by atoms with Crippen molar-refractivity contribution in [2.45, 2.75) is 13.1 Å². The molecule has 0 fully saturated rings. The van der Waals surface area contributed by atoms with Crippen LogP contribution >= 0.6 is 0 Å². The fraction of sp³-hybridized carbons (Fsp3) is 0.0714. The molecule has 0 atom stereocenters. The van der Waals surface area contributed by atoms with Gasteiger partial charge in [-0.2, -0.15) is 0 Å². The van der Waals surface area contributed by atoms with Gasteiger partial charge in [0.25, 0.3) is 22.2 Å². The third-order valence-electron chi connectivity index (χ3n) is 7.40. The van der Waals surface area contributed by atoms with E-state index in [1.54, 1.807) is 18.2 Å². The number of aromatic amines is 4. The Bertz CT molecular complexity index is 2420. The first-order chi connectivity index (χ1) is 20.2. The third-order valence-corrected chi connectivity index (χ3v) is 7.40. The molecule has 0 aliphatic heterocycles. The number of nitrogens with zero attached hydrogens (tertiary/aromatic N) is 2. The molecule has 0 radical (unpaired) electrons. The Morgan fingerprint density at radius 1 is 0.452 bits per heavy atom. The number of nitrogens with one attached hydrogen (secondary N) is 4. The van der Waals surface area contributed by atoms with Gasteiger partial charge in [0.05, 0.1) is 13.1 Å². The van der Waals surface area contributed by atoms with Crippen molar-refractivity contribution in [2.75, 3.05) is 0 Å². The van der Waals surface area contributed by atoms with Crippen LogP contribution in [0.5, 0.6) is 0 Å². The van der Waals surface area contributed by atoms with E-state index in [9.17, 15) is 38.4 Å². The average Bonchev–Trinajstić information content (AvgIpc) is 3.39.